The zero-order valence-corrected chi connectivity index (χ0v) is 70.2. The Morgan fingerprint density at radius 3 is 2.04 bits per heavy atom. The van der Waals surface area contributed by atoms with Crippen LogP contribution >= 0.6 is 27.2 Å². The van der Waals surface area contributed by atoms with Gasteiger partial charge in [-0.1, -0.05) is 115 Å². The van der Waals surface area contributed by atoms with E-state index in [1.54, 1.807) is 92.7 Å². The molecule has 1 aliphatic heterocycles. The van der Waals surface area contributed by atoms with Crippen molar-refractivity contribution in [3.8, 4) is 0 Å². The number of nitrogens with one attached hydrogen (secondary N) is 8. The fraction of sp³-hybridized carbons (Fsp3) is 0.610. The van der Waals surface area contributed by atoms with Crippen LogP contribution in [0.3, 0.4) is 0 Å². The quantitative estimate of drug-likeness (QED) is 0.0110. The first kappa shape index (κ1) is 97.6. The molecule has 2 aliphatic rings. The summed E-state index contributed by atoms with van der Waals surface area (Å²) in [5, 5.41) is 21.5. The van der Waals surface area contributed by atoms with E-state index in [4.69, 9.17) is 45.3 Å². The highest BCUT2D eigenvalue weighted by molar-refractivity contribution is 7.61. The molecule has 11 amide bonds. The summed E-state index contributed by atoms with van der Waals surface area (Å²) in [6.07, 6.45) is 6.03. The van der Waals surface area contributed by atoms with Crippen LogP contribution in [0.5, 0.6) is 0 Å². The Kier molecular flexibility index (Phi) is 41.6. The molecule has 1 aliphatic carbocycles. The number of benzene rings is 2. The van der Waals surface area contributed by atoms with Gasteiger partial charge in [0.2, 0.25) is 35.4 Å². The zero-order chi connectivity index (χ0) is 85.2. The van der Waals surface area contributed by atoms with Gasteiger partial charge in [0.25, 0.3) is 5.91 Å². The lowest BCUT2D eigenvalue weighted by molar-refractivity contribution is -0.155. The summed E-state index contributed by atoms with van der Waals surface area (Å²) in [6, 6.07) is 4.06. The van der Waals surface area contributed by atoms with Crippen LogP contribution in [-0.2, 0) is 97.6 Å². The number of carbonyl (C=O) groups is 12. The Morgan fingerprint density at radius 1 is 0.754 bits per heavy atom. The molecule has 4 rings (SSSR count). The van der Waals surface area contributed by atoms with Crippen molar-refractivity contribution in [1.29, 1.82) is 0 Å². The number of anilines is 1. The van der Waals surface area contributed by atoms with Gasteiger partial charge in [0, 0.05) is 62.2 Å². The summed E-state index contributed by atoms with van der Waals surface area (Å²) < 4.78 is 63.9. The van der Waals surface area contributed by atoms with Gasteiger partial charge in [-0.25, -0.2) is 33.1 Å². The highest BCUT2D eigenvalue weighted by Gasteiger charge is 2.40. The van der Waals surface area contributed by atoms with E-state index in [2.05, 4.69) is 52.9 Å². The van der Waals surface area contributed by atoms with Crippen molar-refractivity contribution in [1.82, 2.24) is 47.0 Å². The lowest BCUT2D eigenvalue weighted by atomic mass is 9.90. The van der Waals surface area contributed by atoms with E-state index < -0.39 is 179 Å². The SMILES string of the molecule is C/C=C(\C)[C@H]1OC(=O)[C@@H](C)NC(=O)[C@H]([C@H](C)CC)NC(=O)CN(C)C(=O)[C@@H](Cc2ccc(Cl)cc2)N(C)C(=O)[C@H](C)NC(=O)[C@@H](CC(C)C)OC(=O)/C(C)=C\C[C@H](OC(=O)NCCCCCOP(=O)(O)OP(=O)(O)OCc2ccc(NC(=O)[C@H](CCCNC(N)=O)NC(=O)[C@H](NC(=O)OC3CC/C=C\CCC3)C(C)C)cc2)[C@@H]1C. The summed E-state index contributed by atoms with van der Waals surface area (Å²) in [5.41, 5.74) is 6.75. The molecule has 636 valence electrons. The Hall–Kier alpha value is -8.75. The monoisotopic (exact) mass is 1660 g/mol. The number of phosphoric acid groups is 2. The van der Waals surface area contributed by atoms with E-state index in [0.717, 1.165) is 29.1 Å². The number of rotatable bonds is 31. The number of urea groups is 1. The third kappa shape index (κ3) is 34.8. The number of likely N-dealkylation sites (N-methyl/N-ethyl adjacent to an activating group) is 2. The summed E-state index contributed by atoms with van der Waals surface area (Å²) in [5.74, 6) is -8.91. The first-order chi connectivity index (χ1) is 53.6. The molecule has 0 saturated heterocycles. The molecular formula is C77H118ClN11O23P2. The minimum atomic E-state index is -5.29. The molecule has 0 radical (unpaired) electrons. The summed E-state index contributed by atoms with van der Waals surface area (Å²) >= 11 is 6.18. The molecule has 14 atom stereocenters. The summed E-state index contributed by atoms with van der Waals surface area (Å²) in [7, 11) is -7.80. The average Bonchev–Trinajstić information content (AvgIpc) is 0.834. The van der Waals surface area contributed by atoms with Crippen molar-refractivity contribution in [2.24, 2.45) is 29.4 Å². The second-order valence-corrected chi connectivity index (χ2v) is 32.9. The molecule has 12 N–H and O–H groups in total. The fourth-order valence-electron chi connectivity index (χ4n) is 12.0. The molecule has 2 aromatic carbocycles. The molecule has 37 heteroatoms. The lowest BCUT2D eigenvalue weighted by Gasteiger charge is -2.33. The summed E-state index contributed by atoms with van der Waals surface area (Å²) in [6.45, 7) is 18.1. The number of ether oxygens (including phenoxy) is 4. The maximum Gasteiger partial charge on any atom is 0.481 e. The number of allylic oxidation sites excluding steroid dienone is 3. The van der Waals surface area contributed by atoms with Gasteiger partial charge in [-0.3, -0.25) is 42.6 Å². The molecule has 0 fully saturated rings. The largest absolute Gasteiger partial charge is 0.481 e. The van der Waals surface area contributed by atoms with E-state index in [-0.39, 0.29) is 93.3 Å². The predicted molar refractivity (Wildman–Crippen MR) is 424 cm³/mol. The minimum absolute atomic E-state index is 0.0148. The second-order valence-electron chi connectivity index (χ2n) is 29.4. The van der Waals surface area contributed by atoms with E-state index >= 15 is 0 Å². The van der Waals surface area contributed by atoms with Crippen molar-refractivity contribution < 1.29 is 109 Å². The number of carbonyl (C=O) groups excluding carboxylic acids is 12. The number of cyclic esters (lactones) is 2. The molecule has 0 aromatic heterocycles. The molecule has 0 bridgehead atoms. The first-order valence-corrected chi connectivity index (χ1v) is 41.8. The molecule has 114 heavy (non-hydrogen) atoms. The Bertz CT molecular complexity index is 3770. The smallest absolute Gasteiger partial charge is 0.456 e. The zero-order valence-electron chi connectivity index (χ0n) is 67.7. The fourth-order valence-corrected chi connectivity index (χ4v) is 14.3. The first-order valence-electron chi connectivity index (χ1n) is 38.5. The van der Waals surface area contributed by atoms with Crippen LogP contribution in [0.2, 0.25) is 5.02 Å². The van der Waals surface area contributed by atoms with Crippen molar-refractivity contribution in [2.75, 3.05) is 45.7 Å². The maximum absolute atomic E-state index is 14.4. The Labute approximate surface area is 672 Å². The number of nitrogens with two attached hydrogens (primary N) is 1. The lowest BCUT2D eigenvalue weighted by Crippen LogP contribution is -2.57. The maximum atomic E-state index is 14.4. The van der Waals surface area contributed by atoms with Gasteiger partial charge < -0.3 is 86.8 Å². The number of esters is 2. The standard InChI is InChI=1S/C77H118ClN11O23P2/c1-15-48(7)65-70(94)83-53(12)74(98)111-66(49(8)16-2)51(10)61(38-29-50(9)73(97)109-62(42-46(3)4)68(92)82-52(11)71(95)89(14)60(43-54-30-34-56(78)35-31-54)72(96)88(13)44-63(90)86-65)110-76(100)81-39-23-20-24-41-106-113(102,103)112-114(104,105)107-45-55-32-36-57(37-33-55)84-67(91)59(28-25-40-80-75(79)99)85-69(93)64(47(5)6)87-77(101)108-58-26-21-18-17-19-22-27-58/h16-18,29-37,46-48,51-53,58-62,64-66H,15,19-28,38-45H2,1-14H3,(H,81,100)(H,82,92)(H,83,94)(H,84,91)(H,85,93)(H,86,90)(H,87,101)(H,102,103)(H,104,105)(H3,79,80,99)/b18-17-,49-16+,50-29-/t48-,51+,52+,53-,58?,59+,60-,61+,62-,64-,65+,66-/m1/s1. The number of unbranched alkanes of at least 4 members (excludes halogenated alkanes) is 2. The van der Waals surface area contributed by atoms with Crippen LogP contribution in [0.4, 0.5) is 20.1 Å². The number of amides is 11. The number of nitrogens with zero attached hydrogens (tertiary/aromatic N) is 2. The van der Waals surface area contributed by atoms with Gasteiger partial charge in [-0.15, -0.1) is 0 Å². The van der Waals surface area contributed by atoms with Gasteiger partial charge in [0.15, 0.2) is 6.10 Å². The highest BCUT2D eigenvalue weighted by Crippen LogP contribution is 2.60. The van der Waals surface area contributed by atoms with Crippen molar-refractivity contribution in [3.05, 3.63) is 100 Å². The number of alkyl carbamates (subject to hydrolysis) is 2. The van der Waals surface area contributed by atoms with Crippen LogP contribution < -0.4 is 48.3 Å². The topological polar surface area (TPSA) is 473 Å². The molecule has 3 unspecified atom stereocenters. The van der Waals surface area contributed by atoms with Crippen LogP contribution in [0.1, 0.15) is 178 Å². The number of hydrogen-bond acceptors (Lipinski definition) is 21. The molecule has 34 nitrogen and oxygen atoms in total. The van der Waals surface area contributed by atoms with E-state index in [1.807, 2.05) is 6.08 Å². The number of halogens is 1. The molecular weight excluding hydrogens is 1540 g/mol. The summed E-state index contributed by atoms with van der Waals surface area (Å²) in [4.78, 5) is 188. The van der Waals surface area contributed by atoms with Gasteiger partial charge in [-0.05, 0) is 164 Å². The molecule has 0 spiro atoms. The van der Waals surface area contributed by atoms with Crippen molar-refractivity contribution in [3.63, 3.8) is 0 Å². The highest BCUT2D eigenvalue weighted by atomic mass is 35.5. The predicted octanol–water partition coefficient (Wildman–Crippen LogP) is 8.76. The molecule has 0 saturated carbocycles. The second kappa shape index (κ2) is 48.6. The van der Waals surface area contributed by atoms with Crippen molar-refractivity contribution in [2.45, 2.75) is 240 Å². The Morgan fingerprint density at radius 2 is 1.39 bits per heavy atom. The van der Waals surface area contributed by atoms with Crippen LogP contribution in [0.25, 0.3) is 0 Å². The number of primary amides is 1. The van der Waals surface area contributed by atoms with Crippen molar-refractivity contribution >= 4 is 104 Å². The normalized spacial score (nSPS) is 23.8. The van der Waals surface area contributed by atoms with E-state index in [1.165, 1.54) is 65.2 Å². The van der Waals surface area contributed by atoms with Gasteiger partial charge in [-0.2, -0.15) is 4.31 Å². The average molecular weight is 1660 g/mol. The van der Waals surface area contributed by atoms with E-state index in [9.17, 15) is 76.5 Å². The van der Waals surface area contributed by atoms with Gasteiger partial charge in [0.05, 0.1) is 19.8 Å². The molecule has 2 aromatic rings. The third-order valence-corrected chi connectivity index (χ3v) is 22.0. The van der Waals surface area contributed by atoms with Gasteiger partial charge >= 0.3 is 45.8 Å². The van der Waals surface area contributed by atoms with E-state index in [0.29, 0.717) is 35.4 Å². The molecule has 1 heterocycles. The van der Waals surface area contributed by atoms with Crippen LogP contribution in [0, 0.1) is 23.7 Å². The minimum Gasteiger partial charge on any atom is -0.456 e. The van der Waals surface area contributed by atoms with Crippen LogP contribution in [0.15, 0.2) is 84.0 Å². The van der Waals surface area contributed by atoms with Gasteiger partial charge in [0.1, 0.15) is 54.6 Å². The third-order valence-electron chi connectivity index (χ3n) is 19.1. The number of hydrogen-bond donors (Lipinski definition) is 11. The Balaban J connectivity index is 1.43. The number of phosphoric ester groups is 2. The van der Waals surface area contributed by atoms with Crippen LogP contribution in [-0.4, -0.2) is 192 Å².